The Bertz CT molecular complexity index is 813. The van der Waals surface area contributed by atoms with Crippen LogP contribution in [0.1, 0.15) is 31.1 Å². The maximum absolute atomic E-state index is 12.4. The first-order valence-electron chi connectivity index (χ1n) is 7.98. The summed E-state index contributed by atoms with van der Waals surface area (Å²) in [5.41, 5.74) is 0.846. The molecule has 0 saturated heterocycles. The molecule has 7 heteroatoms. The first-order valence-corrected chi connectivity index (χ1v) is 9.46. The van der Waals surface area contributed by atoms with Crippen molar-refractivity contribution in [3.8, 4) is 5.75 Å². The van der Waals surface area contributed by atoms with E-state index >= 15 is 0 Å². The van der Waals surface area contributed by atoms with Crippen LogP contribution in [0.15, 0.2) is 53.4 Å². The van der Waals surface area contributed by atoms with Crippen molar-refractivity contribution in [1.82, 2.24) is 5.32 Å². The van der Waals surface area contributed by atoms with Crippen molar-refractivity contribution in [3.63, 3.8) is 0 Å². The van der Waals surface area contributed by atoms with Crippen molar-refractivity contribution in [3.05, 3.63) is 54.1 Å². The van der Waals surface area contributed by atoms with Crippen LogP contribution in [0.3, 0.4) is 0 Å². The standard InChI is InChI=1S/C18H22N2O4S/c1-4-24-16-9-7-15(8-10-16)20-25(22,23)17-11-5-14(6-12-17)18(21)19-13(2)3/h5-13,20H,4H2,1-3H3,(H,19,21). The topological polar surface area (TPSA) is 84.5 Å². The minimum atomic E-state index is -3.73. The zero-order valence-electron chi connectivity index (χ0n) is 14.4. The van der Waals surface area contributed by atoms with Crippen molar-refractivity contribution in [1.29, 1.82) is 0 Å². The summed E-state index contributed by atoms with van der Waals surface area (Å²) in [6.45, 7) is 6.14. The SMILES string of the molecule is CCOc1ccc(NS(=O)(=O)c2ccc(C(=O)NC(C)C)cc2)cc1. The first-order chi connectivity index (χ1) is 11.8. The number of hydrogen-bond acceptors (Lipinski definition) is 4. The summed E-state index contributed by atoms with van der Waals surface area (Å²) < 4.78 is 32.7. The summed E-state index contributed by atoms with van der Waals surface area (Å²) in [5.74, 6) is 0.435. The highest BCUT2D eigenvalue weighted by molar-refractivity contribution is 7.92. The van der Waals surface area contributed by atoms with Gasteiger partial charge in [0.2, 0.25) is 0 Å². The van der Waals surface area contributed by atoms with Gasteiger partial charge in [0.1, 0.15) is 5.75 Å². The van der Waals surface area contributed by atoms with E-state index in [1.54, 1.807) is 24.3 Å². The second kappa shape index (κ2) is 8.02. The largest absolute Gasteiger partial charge is 0.494 e. The molecule has 2 rings (SSSR count). The summed E-state index contributed by atoms with van der Waals surface area (Å²) in [4.78, 5) is 12.0. The first kappa shape index (κ1) is 18.8. The van der Waals surface area contributed by atoms with Crippen LogP contribution in [0, 0.1) is 0 Å². The van der Waals surface area contributed by atoms with Crippen molar-refractivity contribution >= 4 is 21.6 Å². The van der Waals surface area contributed by atoms with E-state index in [0.717, 1.165) is 0 Å². The quantitative estimate of drug-likeness (QED) is 0.793. The van der Waals surface area contributed by atoms with E-state index in [1.807, 2.05) is 20.8 Å². The van der Waals surface area contributed by atoms with Crippen molar-refractivity contribution in [2.75, 3.05) is 11.3 Å². The third-order valence-corrected chi connectivity index (χ3v) is 4.66. The number of anilines is 1. The number of hydrogen-bond donors (Lipinski definition) is 2. The molecule has 0 saturated carbocycles. The molecule has 134 valence electrons. The van der Waals surface area contributed by atoms with Crippen molar-refractivity contribution < 1.29 is 17.9 Å². The molecule has 1 amide bonds. The lowest BCUT2D eigenvalue weighted by Crippen LogP contribution is -2.30. The second-order valence-electron chi connectivity index (χ2n) is 5.72. The molecule has 0 radical (unpaired) electrons. The van der Waals surface area contributed by atoms with Gasteiger partial charge in [0.15, 0.2) is 0 Å². The van der Waals surface area contributed by atoms with E-state index < -0.39 is 10.0 Å². The highest BCUT2D eigenvalue weighted by atomic mass is 32.2. The fourth-order valence-electron chi connectivity index (χ4n) is 2.13. The molecule has 0 heterocycles. The molecule has 2 aromatic carbocycles. The van der Waals surface area contributed by atoms with Crippen molar-refractivity contribution in [2.45, 2.75) is 31.7 Å². The number of sulfonamides is 1. The predicted octanol–water partition coefficient (Wildman–Crippen LogP) is 3.02. The number of rotatable bonds is 7. The number of carbonyl (C=O) groups excluding carboxylic acids is 1. The molecule has 0 aliphatic rings. The van der Waals surface area contributed by atoms with Crippen LogP contribution in [0.25, 0.3) is 0 Å². The number of nitrogens with one attached hydrogen (secondary N) is 2. The Labute approximate surface area is 148 Å². The van der Waals surface area contributed by atoms with E-state index in [2.05, 4.69) is 10.0 Å². The van der Waals surface area contributed by atoms with Gasteiger partial charge in [-0.25, -0.2) is 8.42 Å². The lowest BCUT2D eigenvalue weighted by atomic mass is 10.2. The predicted molar refractivity (Wildman–Crippen MR) is 97.5 cm³/mol. The third-order valence-electron chi connectivity index (χ3n) is 3.26. The van der Waals surface area contributed by atoms with Crippen LogP contribution in [0.4, 0.5) is 5.69 Å². The van der Waals surface area contributed by atoms with Gasteiger partial charge in [-0.1, -0.05) is 0 Å². The molecule has 0 spiro atoms. The number of ether oxygens (including phenoxy) is 1. The molecule has 0 unspecified atom stereocenters. The van der Waals surface area contributed by atoms with Crippen LogP contribution in [-0.2, 0) is 10.0 Å². The zero-order valence-corrected chi connectivity index (χ0v) is 15.3. The van der Waals surface area contributed by atoms with Gasteiger partial charge in [0.05, 0.1) is 11.5 Å². The maximum Gasteiger partial charge on any atom is 0.261 e. The fraction of sp³-hybridized carbons (Fsp3) is 0.278. The number of amides is 1. The van der Waals surface area contributed by atoms with E-state index in [-0.39, 0.29) is 16.8 Å². The van der Waals surface area contributed by atoms with E-state index in [1.165, 1.54) is 24.3 Å². The Balaban J connectivity index is 2.12. The molecule has 0 fully saturated rings. The lowest BCUT2D eigenvalue weighted by molar-refractivity contribution is 0.0943. The third kappa shape index (κ3) is 5.22. The van der Waals surface area contributed by atoms with Gasteiger partial charge in [-0.15, -0.1) is 0 Å². The summed E-state index contributed by atoms with van der Waals surface area (Å²) >= 11 is 0. The van der Waals surface area contributed by atoms with Crippen LogP contribution >= 0.6 is 0 Å². The Morgan fingerprint density at radius 3 is 2.16 bits per heavy atom. The molecular weight excluding hydrogens is 340 g/mol. The van der Waals surface area contributed by atoms with Gasteiger partial charge in [0, 0.05) is 17.3 Å². The van der Waals surface area contributed by atoms with Crippen LogP contribution in [0.5, 0.6) is 5.75 Å². The zero-order chi connectivity index (χ0) is 18.4. The van der Waals surface area contributed by atoms with Gasteiger partial charge < -0.3 is 10.1 Å². The van der Waals surface area contributed by atoms with Gasteiger partial charge >= 0.3 is 0 Å². The lowest BCUT2D eigenvalue weighted by Gasteiger charge is -2.11. The van der Waals surface area contributed by atoms with Crippen LogP contribution in [-0.4, -0.2) is 27.0 Å². The Kier molecular flexibility index (Phi) is 6.03. The van der Waals surface area contributed by atoms with Gasteiger partial charge in [-0.2, -0.15) is 0 Å². The summed E-state index contributed by atoms with van der Waals surface area (Å²) in [7, 11) is -3.73. The summed E-state index contributed by atoms with van der Waals surface area (Å²) in [6.07, 6.45) is 0. The molecule has 2 aromatic rings. The molecular formula is C18H22N2O4S. The minimum absolute atomic E-state index is 0.0113. The number of benzene rings is 2. The molecule has 0 aliphatic heterocycles. The van der Waals surface area contributed by atoms with Gasteiger partial charge in [0.25, 0.3) is 15.9 Å². The monoisotopic (exact) mass is 362 g/mol. The fourth-order valence-corrected chi connectivity index (χ4v) is 3.19. The molecule has 0 aliphatic carbocycles. The highest BCUT2D eigenvalue weighted by Gasteiger charge is 2.15. The average Bonchev–Trinajstić information content (AvgIpc) is 2.56. The molecule has 2 N–H and O–H groups in total. The average molecular weight is 362 g/mol. The molecule has 6 nitrogen and oxygen atoms in total. The Morgan fingerprint density at radius 2 is 1.64 bits per heavy atom. The normalized spacial score (nSPS) is 11.2. The van der Waals surface area contributed by atoms with Gasteiger partial charge in [-0.05, 0) is 69.3 Å². The smallest absolute Gasteiger partial charge is 0.261 e. The van der Waals surface area contributed by atoms with E-state index in [9.17, 15) is 13.2 Å². The highest BCUT2D eigenvalue weighted by Crippen LogP contribution is 2.20. The maximum atomic E-state index is 12.4. The number of carbonyl (C=O) groups is 1. The molecule has 0 aromatic heterocycles. The molecule has 0 atom stereocenters. The van der Waals surface area contributed by atoms with Crippen molar-refractivity contribution in [2.24, 2.45) is 0 Å². The van der Waals surface area contributed by atoms with Crippen LogP contribution in [0.2, 0.25) is 0 Å². The minimum Gasteiger partial charge on any atom is -0.494 e. The Morgan fingerprint density at radius 1 is 1.04 bits per heavy atom. The van der Waals surface area contributed by atoms with E-state index in [0.29, 0.717) is 23.6 Å². The second-order valence-corrected chi connectivity index (χ2v) is 7.40. The molecule has 25 heavy (non-hydrogen) atoms. The van der Waals surface area contributed by atoms with Crippen LogP contribution < -0.4 is 14.8 Å². The summed E-state index contributed by atoms with van der Waals surface area (Å²) in [5, 5.41) is 2.76. The Hall–Kier alpha value is -2.54. The van der Waals surface area contributed by atoms with Gasteiger partial charge in [-0.3, -0.25) is 9.52 Å². The molecule has 0 bridgehead atoms. The van der Waals surface area contributed by atoms with E-state index in [4.69, 9.17) is 4.74 Å². The summed E-state index contributed by atoms with van der Waals surface area (Å²) in [6, 6.07) is 12.5.